The molecule has 4 saturated heterocycles. The van der Waals surface area contributed by atoms with Crippen molar-refractivity contribution in [3.63, 3.8) is 0 Å². The second-order valence-electron chi connectivity index (χ2n) is 35.1. The van der Waals surface area contributed by atoms with Crippen LogP contribution in [0.3, 0.4) is 0 Å². The number of fused-ring (bicyclic) bond motifs is 2. The van der Waals surface area contributed by atoms with E-state index in [0.29, 0.717) is 170 Å². The number of pyridine rings is 2. The van der Waals surface area contributed by atoms with Gasteiger partial charge in [-0.3, -0.25) is 32.8 Å². The molecule has 16 rings (SSSR count). The van der Waals surface area contributed by atoms with Gasteiger partial charge in [0.2, 0.25) is 0 Å². The van der Waals surface area contributed by atoms with E-state index >= 15 is 8.78 Å². The summed E-state index contributed by atoms with van der Waals surface area (Å²) in [4.78, 5) is 144. The van der Waals surface area contributed by atoms with Crippen molar-refractivity contribution in [1.29, 1.82) is 0 Å². The molecule has 0 atom stereocenters. The van der Waals surface area contributed by atoms with Gasteiger partial charge in [-0.2, -0.15) is 0 Å². The lowest BCUT2D eigenvalue weighted by molar-refractivity contribution is -0.121. The topological polar surface area (TPSA) is 333 Å². The van der Waals surface area contributed by atoms with E-state index in [1.807, 2.05) is 136 Å². The fourth-order valence-corrected chi connectivity index (χ4v) is 17.2. The van der Waals surface area contributed by atoms with Crippen LogP contribution in [0, 0.1) is 35.3 Å². The number of rotatable bonds is 11. The van der Waals surface area contributed by atoms with Crippen molar-refractivity contribution >= 4 is 138 Å². The third kappa shape index (κ3) is 22.8. The molecule has 4 fully saturated rings. The van der Waals surface area contributed by atoms with Gasteiger partial charge in [-0.15, -0.1) is 12.4 Å². The van der Waals surface area contributed by atoms with E-state index in [4.69, 9.17) is 31.5 Å². The summed E-state index contributed by atoms with van der Waals surface area (Å²) in [5.74, 6) is -0.427. The summed E-state index contributed by atoms with van der Waals surface area (Å²) in [6, 6.07) is 16.6. The first kappa shape index (κ1) is 94.5. The molecule has 0 radical (unpaired) electrons. The van der Waals surface area contributed by atoms with E-state index in [-0.39, 0.29) is 112 Å². The van der Waals surface area contributed by atoms with Gasteiger partial charge in [0, 0.05) is 156 Å². The van der Waals surface area contributed by atoms with Gasteiger partial charge < -0.3 is 74.8 Å². The zero-order chi connectivity index (χ0) is 85.6. The number of nitrogens with two attached hydrogens (primary N) is 1. The maximum atomic E-state index is 15.3. The maximum absolute atomic E-state index is 15.3. The third-order valence-electron chi connectivity index (χ3n) is 22.9. The zero-order valence-electron chi connectivity index (χ0n) is 70.2. The van der Waals surface area contributed by atoms with Crippen LogP contribution in [0.5, 0.6) is 0 Å². The Hall–Kier alpha value is -10.8. The molecule has 664 valence electrons. The number of imidazole rings is 2. The number of halogens is 4. The van der Waals surface area contributed by atoms with Crippen LogP contribution in [0.4, 0.5) is 37.5 Å². The number of alkyl carbamates (subject to hydrolysis) is 3. The van der Waals surface area contributed by atoms with E-state index in [1.165, 1.54) is 24.3 Å². The summed E-state index contributed by atoms with van der Waals surface area (Å²) in [5, 5.41) is 12.4. The van der Waals surface area contributed by atoms with Crippen molar-refractivity contribution in [3.8, 4) is 0 Å². The molecule has 8 aliphatic rings. The molecule has 0 unspecified atom stereocenters. The standard InChI is InChI=1S/C35H37FN6O5.C30H29FN6O3.C12H21ClN2O3.C11H22N2O2.2CH4.ClH/c1-35(2,3)47-33(45)38-17-21-7-10-39(11-8-21)34(46)41-13-12-40-20-25(24-15-23(36)14-22(19-41)32(24)40)30-27(43)16-28(44)31(30)26-18-37-29-6-4-5-9-42(26)29;31-20-11-19-16-36(30(40)34-7-4-18(14-32)5-8-34)10-9-35-17-22(21(12-20)29(19)35)27-24(38)13-25(39)28(27)23-15-33-26-3-1-2-6-37(23)26;1-12(2,3)18-11(17)14-8-9-4-6-15(7-5-9)10(13)16;1-11(2,3)15-10(14)13-8-9-4-6-12-7-5-9;;;/h4-6,9,14-15,18,20-21H,7-8,10-13,16-17,19H2,1-3H3,(H,38,45);1-3,6,11-12,15,17-18H,4-5,7-10,13-14,16,32H2;9H,4-8H2,1-3H3,(H,14,17);9,12H,4-8H2,1-3H3,(H,13,14);2*1H4;1H. The Bertz CT molecular complexity index is 5310. The zero-order valence-corrected chi connectivity index (χ0v) is 71.8. The Morgan fingerprint density at radius 2 is 0.829 bits per heavy atom. The Balaban J connectivity index is 0.000000187. The van der Waals surface area contributed by atoms with E-state index in [0.717, 1.165) is 82.0 Å². The van der Waals surface area contributed by atoms with Crippen LogP contribution in [-0.4, -0.2) is 220 Å². The molecule has 6 aliphatic heterocycles. The summed E-state index contributed by atoms with van der Waals surface area (Å²) >= 11 is 5.40. The highest BCUT2D eigenvalue weighted by molar-refractivity contribution is 6.62. The molecule has 123 heavy (non-hydrogen) atoms. The first-order chi connectivity index (χ1) is 57.1. The van der Waals surface area contributed by atoms with E-state index < -0.39 is 46.0 Å². The summed E-state index contributed by atoms with van der Waals surface area (Å²) in [7, 11) is 0. The Morgan fingerprint density at radius 1 is 0.480 bits per heavy atom. The average Bonchev–Trinajstić information content (AvgIpc) is 1.58. The monoisotopic (exact) mass is 1740 g/mol. The average molecular weight is 1740 g/mol. The van der Waals surface area contributed by atoms with Crippen molar-refractivity contribution in [2.24, 2.45) is 29.4 Å². The number of hydrogen-bond acceptors (Lipinski definition) is 17. The summed E-state index contributed by atoms with van der Waals surface area (Å²) in [6.07, 6.45) is 16.1. The number of aromatic nitrogens is 6. The molecule has 8 amide bonds. The molecule has 6 aromatic heterocycles. The minimum Gasteiger partial charge on any atom is -0.444 e. The van der Waals surface area contributed by atoms with Crippen LogP contribution < -0.4 is 27.0 Å². The quantitative estimate of drug-likeness (QED) is 0.0348. The third-order valence-corrected chi connectivity index (χ3v) is 23.1. The van der Waals surface area contributed by atoms with Crippen LogP contribution in [0.1, 0.15) is 175 Å². The van der Waals surface area contributed by atoms with Gasteiger partial charge in [0.25, 0.3) is 0 Å². The first-order valence-corrected chi connectivity index (χ1v) is 41.9. The van der Waals surface area contributed by atoms with Crippen LogP contribution >= 0.6 is 24.0 Å². The van der Waals surface area contributed by atoms with E-state index in [1.54, 1.807) is 42.1 Å². The highest BCUT2D eigenvalue weighted by atomic mass is 35.5. The van der Waals surface area contributed by atoms with Crippen LogP contribution in [0.25, 0.3) is 55.4 Å². The number of nitrogens with one attached hydrogen (secondary N) is 4. The molecule has 0 bridgehead atoms. The molecule has 33 heteroatoms. The highest BCUT2D eigenvalue weighted by Gasteiger charge is 2.40. The van der Waals surface area contributed by atoms with Gasteiger partial charge in [-0.25, -0.2) is 42.7 Å². The summed E-state index contributed by atoms with van der Waals surface area (Å²) in [6.45, 7) is 27.1. The number of amides is 8. The second kappa shape index (κ2) is 40.3. The van der Waals surface area contributed by atoms with Gasteiger partial charge in [0.1, 0.15) is 39.7 Å². The number of carbonyl (C=O) groups is 10. The molecule has 6 N–H and O–H groups in total. The highest BCUT2D eigenvalue weighted by Crippen LogP contribution is 2.44. The normalized spacial score (nSPS) is 17.6. The molecule has 2 aliphatic carbocycles. The number of benzene rings is 2. The molecule has 12 heterocycles. The molecular weight excluding hydrogens is 1620 g/mol. The van der Waals surface area contributed by atoms with Gasteiger partial charge in [0.05, 0.1) is 58.8 Å². The lowest BCUT2D eigenvalue weighted by Crippen LogP contribution is -2.48. The smallest absolute Gasteiger partial charge is 0.407 e. The van der Waals surface area contributed by atoms with Gasteiger partial charge >= 0.3 is 35.7 Å². The predicted molar refractivity (Wildman–Crippen MR) is 471 cm³/mol. The van der Waals surface area contributed by atoms with E-state index in [2.05, 4.69) is 31.2 Å². The molecular formula is C90H118Cl2F2N16O13. The van der Waals surface area contributed by atoms with Gasteiger partial charge in [-0.1, -0.05) is 27.0 Å². The lowest BCUT2D eigenvalue weighted by Gasteiger charge is -2.35. The summed E-state index contributed by atoms with van der Waals surface area (Å²) < 4.78 is 53.6. The number of nitrogens with zero attached hydrogens (tertiary/aromatic N) is 11. The van der Waals surface area contributed by atoms with Crippen molar-refractivity contribution in [1.82, 2.24) is 73.7 Å². The van der Waals surface area contributed by atoms with Crippen LogP contribution in [0.2, 0.25) is 0 Å². The molecule has 0 spiro atoms. The number of Topliss-reactive ketones (excluding diaryl/α,β-unsaturated/α-hetero) is 4. The minimum atomic E-state index is -0.564. The number of piperidine rings is 4. The number of urea groups is 2. The van der Waals surface area contributed by atoms with Crippen molar-refractivity contribution in [2.45, 2.75) is 184 Å². The van der Waals surface area contributed by atoms with Crippen LogP contribution in [0.15, 0.2) is 97.8 Å². The molecule has 29 nitrogen and oxygen atoms in total. The lowest BCUT2D eigenvalue weighted by atomic mass is 9.97. The summed E-state index contributed by atoms with van der Waals surface area (Å²) in [5.41, 5.74) is 11.8. The Morgan fingerprint density at radius 3 is 1.19 bits per heavy atom. The largest absolute Gasteiger partial charge is 0.444 e. The van der Waals surface area contributed by atoms with Crippen molar-refractivity contribution < 1.29 is 70.9 Å². The minimum absolute atomic E-state index is 0. The number of ether oxygens (including phenoxy) is 3. The Labute approximate surface area is 727 Å². The molecule has 8 aromatic rings. The Kier molecular flexibility index (Phi) is 30.9. The number of carbonyl (C=O) groups excluding carboxylic acids is 10. The van der Waals surface area contributed by atoms with E-state index in [9.17, 15) is 47.9 Å². The molecule has 2 aromatic carbocycles. The van der Waals surface area contributed by atoms with Crippen molar-refractivity contribution in [3.05, 3.63) is 143 Å². The number of likely N-dealkylation sites (tertiary alicyclic amines) is 3. The number of ketones is 4. The molecule has 0 saturated carbocycles. The predicted octanol–water partition coefficient (Wildman–Crippen LogP) is 14.3. The van der Waals surface area contributed by atoms with Gasteiger partial charge in [0.15, 0.2) is 23.1 Å². The maximum Gasteiger partial charge on any atom is 0.407 e. The number of hydrogen-bond donors (Lipinski definition) is 5. The second-order valence-corrected chi connectivity index (χ2v) is 35.4. The van der Waals surface area contributed by atoms with Gasteiger partial charge in [-0.05, 0) is 228 Å². The van der Waals surface area contributed by atoms with Crippen molar-refractivity contribution in [2.75, 3.05) is 91.6 Å². The fourth-order valence-electron chi connectivity index (χ4n) is 17.0. The van der Waals surface area contributed by atoms with Crippen LogP contribution in [-0.2, 0) is 59.6 Å². The SMILES string of the molecule is C.C.CC(C)(C)OC(=O)NCC1CCN(C(=O)Cl)CC1.CC(C)(C)OC(=O)NCC1CCN(C(=O)N2CCn3cc(C4=C(c5cnc6ccccn56)C(=O)CC4=O)c4cc(F)cc(c43)C2)CC1.CC(C)(C)OC(=O)NCC1CCNCC1.Cl.NCC1CCN(C(=O)N2CCn3cc(C4=C(c5cnc6ccccn56)C(=O)CC4=O)c4cc(F)cc(c43)C2)CC1. The fraction of sp³-hybridized carbons (Fsp3) is 0.511. The number of allylic oxidation sites excluding steroid dienone is 4. The first-order valence-electron chi connectivity index (χ1n) is 41.6.